The lowest BCUT2D eigenvalue weighted by Gasteiger charge is -2.09. The van der Waals surface area contributed by atoms with Gasteiger partial charge in [-0.1, -0.05) is 6.92 Å². The molecule has 0 aromatic carbocycles. The number of aliphatic imine (C=N–C) groups is 1. The van der Waals surface area contributed by atoms with Crippen LogP contribution in [-0.4, -0.2) is 33.2 Å². The van der Waals surface area contributed by atoms with Crippen molar-refractivity contribution in [2.24, 2.45) is 4.99 Å². The van der Waals surface area contributed by atoms with Gasteiger partial charge >= 0.3 is 0 Å². The van der Waals surface area contributed by atoms with Crippen LogP contribution >= 0.6 is 11.3 Å². The van der Waals surface area contributed by atoms with Gasteiger partial charge in [-0.25, -0.2) is 8.42 Å². The lowest BCUT2D eigenvalue weighted by atomic mass is 10.4. The fourth-order valence-electron chi connectivity index (χ4n) is 1.55. The molecule has 1 aliphatic carbocycles. The number of hydrogen-bond donors (Lipinski definition) is 2. The van der Waals surface area contributed by atoms with Crippen LogP contribution < -0.4 is 10.6 Å². The van der Waals surface area contributed by atoms with Crippen molar-refractivity contribution in [3.63, 3.8) is 0 Å². The quantitative estimate of drug-likeness (QED) is 0.636. The normalized spacial score (nSPS) is 16.4. The van der Waals surface area contributed by atoms with E-state index in [2.05, 4.69) is 15.6 Å². The van der Waals surface area contributed by atoms with E-state index < -0.39 is 9.84 Å². The van der Waals surface area contributed by atoms with E-state index in [1.807, 2.05) is 6.07 Å². The lowest BCUT2D eigenvalue weighted by molar-refractivity contribution is 0.599. The fourth-order valence-corrected chi connectivity index (χ4v) is 3.97. The summed E-state index contributed by atoms with van der Waals surface area (Å²) in [6.45, 7) is 2.25. The van der Waals surface area contributed by atoms with E-state index in [0.717, 1.165) is 10.8 Å². The number of nitrogens with zero attached hydrogens (tertiary/aromatic N) is 1. The summed E-state index contributed by atoms with van der Waals surface area (Å²) < 4.78 is 23.9. The topological polar surface area (TPSA) is 70.6 Å². The molecule has 0 atom stereocenters. The Morgan fingerprint density at radius 3 is 2.79 bits per heavy atom. The zero-order valence-corrected chi connectivity index (χ0v) is 12.8. The minimum Gasteiger partial charge on any atom is -0.354 e. The summed E-state index contributed by atoms with van der Waals surface area (Å²) in [4.78, 5) is 5.13. The highest BCUT2D eigenvalue weighted by Gasteiger charge is 2.22. The van der Waals surface area contributed by atoms with Gasteiger partial charge in [-0.3, -0.25) is 4.99 Å². The summed E-state index contributed by atoms with van der Waals surface area (Å²) in [5.74, 6) is 0.918. The van der Waals surface area contributed by atoms with E-state index in [-0.39, 0.29) is 5.75 Å². The Morgan fingerprint density at radius 1 is 1.47 bits per heavy atom. The molecule has 1 fully saturated rings. The third-order valence-electron chi connectivity index (χ3n) is 2.90. The Morgan fingerprint density at radius 2 is 2.21 bits per heavy atom. The SMILES string of the molecule is CCS(=O)(=O)c1ccc(CNC(=NC)NC2CC2)s1. The van der Waals surface area contributed by atoms with E-state index in [0.29, 0.717) is 16.8 Å². The largest absolute Gasteiger partial charge is 0.354 e. The smallest absolute Gasteiger partial charge is 0.191 e. The van der Waals surface area contributed by atoms with E-state index in [1.165, 1.54) is 24.2 Å². The van der Waals surface area contributed by atoms with Gasteiger partial charge in [0.1, 0.15) is 4.21 Å². The molecule has 1 aliphatic rings. The Kier molecular flexibility index (Phi) is 4.46. The Bertz CT molecular complexity index is 559. The van der Waals surface area contributed by atoms with E-state index >= 15 is 0 Å². The molecule has 0 spiro atoms. The van der Waals surface area contributed by atoms with Gasteiger partial charge in [-0.2, -0.15) is 0 Å². The molecule has 0 bridgehead atoms. The first-order valence-electron chi connectivity index (χ1n) is 6.34. The summed E-state index contributed by atoms with van der Waals surface area (Å²) in [7, 11) is -1.35. The summed E-state index contributed by atoms with van der Waals surface area (Å²) in [6, 6.07) is 4.08. The molecule has 0 unspecified atom stereocenters. The lowest BCUT2D eigenvalue weighted by Crippen LogP contribution is -2.37. The Labute approximate surface area is 118 Å². The van der Waals surface area contributed by atoms with Crippen molar-refractivity contribution in [2.45, 2.75) is 36.6 Å². The first kappa shape index (κ1) is 14.3. The number of nitrogens with one attached hydrogen (secondary N) is 2. The summed E-state index contributed by atoms with van der Waals surface area (Å²) >= 11 is 1.32. The molecule has 2 rings (SSSR count). The van der Waals surface area contributed by atoms with Gasteiger partial charge in [-0.05, 0) is 25.0 Å². The van der Waals surface area contributed by atoms with Crippen molar-refractivity contribution in [2.75, 3.05) is 12.8 Å². The van der Waals surface area contributed by atoms with Crippen LogP contribution in [0, 0.1) is 0 Å². The number of guanidine groups is 1. The number of thiophene rings is 1. The standard InChI is InChI=1S/C12H19N3O2S2/c1-3-19(16,17)11-7-6-10(18-11)8-14-12(13-2)15-9-4-5-9/h6-7,9H,3-5,8H2,1-2H3,(H2,13,14,15). The minimum atomic E-state index is -3.09. The predicted octanol–water partition coefficient (Wildman–Crippen LogP) is 1.37. The first-order chi connectivity index (χ1) is 9.05. The maximum absolute atomic E-state index is 11.7. The van der Waals surface area contributed by atoms with Gasteiger partial charge < -0.3 is 10.6 Å². The summed E-state index contributed by atoms with van der Waals surface area (Å²) in [5, 5.41) is 6.48. The number of sulfone groups is 1. The van der Waals surface area contributed by atoms with Crippen molar-refractivity contribution < 1.29 is 8.42 Å². The minimum absolute atomic E-state index is 0.144. The van der Waals surface area contributed by atoms with Crippen LogP contribution in [0.15, 0.2) is 21.3 Å². The van der Waals surface area contributed by atoms with E-state index in [9.17, 15) is 8.42 Å². The molecule has 106 valence electrons. The first-order valence-corrected chi connectivity index (χ1v) is 8.80. The summed E-state index contributed by atoms with van der Waals surface area (Å²) in [5.41, 5.74) is 0. The highest BCUT2D eigenvalue weighted by molar-refractivity contribution is 7.93. The molecule has 5 nitrogen and oxygen atoms in total. The average molecular weight is 301 g/mol. The highest BCUT2D eigenvalue weighted by Crippen LogP contribution is 2.22. The Hall–Kier alpha value is -1.08. The van der Waals surface area contributed by atoms with Crippen molar-refractivity contribution in [3.05, 3.63) is 17.0 Å². The summed E-state index contributed by atoms with van der Waals surface area (Å²) in [6.07, 6.45) is 2.39. The molecule has 2 N–H and O–H groups in total. The molecule has 19 heavy (non-hydrogen) atoms. The second-order valence-corrected chi connectivity index (χ2v) is 8.14. The maximum Gasteiger partial charge on any atom is 0.191 e. The van der Waals surface area contributed by atoms with Gasteiger partial charge in [0, 0.05) is 18.0 Å². The molecule has 1 aromatic heterocycles. The van der Waals surface area contributed by atoms with Crippen LogP contribution in [-0.2, 0) is 16.4 Å². The van der Waals surface area contributed by atoms with E-state index in [4.69, 9.17) is 0 Å². The third-order valence-corrected chi connectivity index (χ3v) is 6.30. The van der Waals surface area contributed by atoms with Crippen LogP contribution in [0.5, 0.6) is 0 Å². The molecule has 1 aromatic rings. The zero-order valence-electron chi connectivity index (χ0n) is 11.1. The number of rotatable bonds is 5. The van der Waals surface area contributed by atoms with Crippen molar-refractivity contribution >= 4 is 27.1 Å². The monoisotopic (exact) mass is 301 g/mol. The van der Waals surface area contributed by atoms with Crippen LogP contribution in [0.3, 0.4) is 0 Å². The van der Waals surface area contributed by atoms with Gasteiger partial charge in [0.15, 0.2) is 15.8 Å². The van der Waals surface area contributed by atoms with Crippen LogP contribution in [0.1, 0.15) is 24.6 Å². The highest BCUT2D eigenvalue weighted by atomic mass is 32.2. The molecule has 0 amide bonds. The Balaban J connectivity index is 1.92. The van der Waals surface area contributed by atoms with Crippen molar-refractivity contribution in [3.8, 4) is 0 Å². The predicted molar refractivity (Wildman–Crippen MR) is 78.4 cm³/mol. The molecule has 7 heteroatoms. The molecular weight excluding hydrogens is 282 g/mol. The van der Waals surface area contributed by atoms with Crippen LogP contribution in [0.2, 0.25) is 0 Å². The van der Waals surface area contributed by atoms with Crippen LogP contribution in [0.25, 0.3) is 0 Å². The molecule has 1 heterocycles. The molecule has 1 saturated carbocycles. The average Bonchev–Trinajstić information content (AvgIpc) is 3.08. The second-order valence-electron chi connectivity index (χ2n) is 4.47. The molecular formula is C12H19N3O2S2. The second kappa shape index (κ2) is 5.92. The van der Waals surface area contributed by atoms with E-state index in [1.54, 1.807) is 20.0 Å². The van der Waals surface area contributed by atoms with Crippen LogP contribution in [0.4, 0.5) is 0 Å². The van der Waals surface area contributed by atoms with Crippen molar-refractivity contribution in [1.29, 1.82) is 0 Å². The van der Waals surface area contributed by atoms with Gasteiger partial charge in [0.05, 0.1) is 12.3 Å². The number of hydrogen-bond acceptors (Lipinski definition) is 4. The van der Waals surface area contributed by atoms with Gasteiger partial charge in [0.25, 0.3) is 0 Å². The molecule has 0 aliphatic heterocycles. The molecule has 0 radical (unpaired) electrons. The fraction of sp³-hybridized carbons (Fsp3) is 0.583. The third kappa shape index (κ3) is 3.94. The van der Waals surface area contributed by atoms with Gasteiger partial charge in [0.2, 0.25) is 0 Å². The zero-order chi connectivity index (χ0) is 13.9. The van der Waals surface area contributed by atoms with Gasteiger partial charge in [-0.15, -0.1) is 11.3 Å². The maximum atomic E-state index is 11.7. The molecule has 0 saturated heterocycles. The van der Waals surface area contributed by atoms with Crippen molar-refractivity contribution in [1.82, 2.24) is 10.6 Å².